The Morgan fingerprint density at radius 1 is 1.16 bits per heavy atom. The molecule has 5 nitrogen and oxygen atoms in total. The first-order valence-electron chi connectivity index (χ1n) is 11.2. The smallest absolute Gasteiger partial charge is 0.261 e. The topological polar surface area (TPSA) is 64.8 Å². The Kier molecular flexibility index (Phi) is 6.81. The lowest BCUT2D eigenvalue weighted by atomic mass is 9.83. The second-order valence-corrected chi connectivity index (χ2v) is 8.96. The number of hydrogen-bond donors (Lipinski definition) is 0. The lowest BCUT2D eigenvalue weighted by Gasteiger charge is -2.27. The van der Waals surface area contributed by atoms with Gasteiger partial charge in [0.2, 0.25) is 0 Å². The second-order valence-electron chi connectivity index (χ2n) is 8.53. The Labute approximate surface area is 187 Å². The number of ketones is 1. The van der Waals surface area contributed by atoms with E-state index in [1.54, 1.807) is 29.2 Å². The molecule has 1 unspecified atom stereocenters. The van der Waals surface area contributed by atoms with Crippen LogP contribution in [-0.2, 0) is 17.6 Å². The van der Waals surface area contributed by atoms with E-state index in [4.69, 9.17) is 11.6 Å². The number of nitrogens with zero attached hydrogens (tertiary/aromatic N) is 3. The van der Waals surface area contributed by atoms with Gasteiger partial charge in [0, 0.05) is 11.9 Å². The molecule has 0 spiro atoms. The van der Waals surface area contributed by atoms with E-state index in [0.717, 1.165) is 24.8 Å². The van der Waals surface area contributed by atoms with Gasteiger partial charge >= 0.3 is 0 Å². The van der Waals surface area contributed by atoms with Gasteiger partial charge in [-0.05, 0) is 48.6 Å². The number of hydrogen-bond acceptors (Lipinski definition) is 4. The van der Waals surface area contributed by atoms with Gasteiger partial charge in [-0.25, -0.2) is 4.98 Å². The molecule has 1 saturated carbocycles. The third-order valence-corrected chi connectivity index (χ3v) is 6.61. The van der Waals surface area contributed by atoms with E-state index in [1.807, 2.05) is 18.2 Å². The fraction of sp³-hybridized carbons (Fsp3) is 0.440. The largest absolute Gasteiger partial charge is 0.297 e. The molecule has 0 N–H and O–H groups in total. The zero-order valence-corrected chi connectivity index (χ0v) is 18.6. The van der Waals surface area contributed by atoms with Gasteiger partial charge in [0.05, 0.1) is 34.7 Å². The van der Waals surface area contributed by atoms with Crippen LogP contribution in [0.15, 0.2) is 47.7 Å². The average Bonchev–Trinajstić information content (AvgIpc) is 2.80. The van der Waals surface area contributed by atoms with Crippen LogP contribution < -0.4 is 5.56 Å². The summed E-state index contributed by atoms with van der Waals surface area (Å²) in [6, 6.07) is 8.77. The van der Waals surface area contributed by atoms with Crippen LogP contribution in [0.5, 0.6) is 0 Å². The molecule has 1 fully saturated rings. The summed E-state index contributed by atoms with van der Waals surface area (Å²) in [4.78, 5) is 35.6. The molecule has 1 aliphatic carbocycles. The zero-order chi connectivity index (χ0) is 21.8. The number of pyridine rings is 1. The van der Waals surface area contributed by atoms with E-state index in [9.17, 15) is 9.59 Å². The molecule has 4 rings (SSSR count). The van der Waals surface area contributed by atoms with Crippen LogP contribution in [0.25, 0.3) is 10.9 Å². The number of aryl methyl sites for hydroxylation is 1. The molecule has 1 aromatic carbocycles. The fourth-order valence-electron chi connectivity index (χ4n) is 4.57. The fourth-order valence-corrected chi connectivity index (χ4v) is 4.68. The standard InChI is InChI=1S/C25H28ClN3O2/c1-2-17-8-11-22-21(12-17)25(31)29(16-28-22)23(13-18-6-4-3-5-7-18)24(30)14-20-10-9-19(26)15-27-20/h8-12,15-16,18,23H,2-7,13-14H2,1H3. The van der Waals surface area contributed by atoms with Crippen molar-refractivity contribution in [3.63, 3.8) is 0 Å². The van der Waals surface area contributed by atoms with Crippen molar-refractivity contribution in [1.82, 2.24) is 14.5 Å². The molecular formula is C25H28ClN3O2. The summed E-state index contributed by atoms with van der Waals surface area (Å²) < 4.78 is 1.56. The van der Waals surface area contributed by atoms with Crippen molar-refractivity contribution in [2.75, 3.05) is 0 Å². The predicted molar refractivity (Wildman–Crippen MR) is 124 cm³/mol. The highest BCUT2D eigenvalue weighted by Crippen LogP contribution is 2.31. The minimum Gasteiger partial charge on any atom is -0.297 e. The zero-order valence-electron chi connectivity index (χ0n) is 17.9. The van der Waals surface area contributed by atoms with Crippen molar-refractivity contribution >= 4 is 28.3 Å². The summed E-state index contributed by atoms with van der Waals surface area (Å²) in [6.07, 6.45) is 10.6. The predicted octanol–water partition coefficient (Wildman–Crippen LogP) is 5.33. The van der Waals surface area contributed by atoms with Gasteiger partial charge in [-0.15, -0.1) is 0 Å². The summed E-state index contributed by atoms with van der Waals surface area (Å²) in [6.45, 7) is 2.06. The first kappa shape index (κ1) is 21.7. The molecule has 0 aliphatic heterocycles. The monoisotopic (exact) mass is 437 g/mol. The van der Waals surface area contributed by atoms with Crippen molar-refractivity contribution in [2.45, 2.75) is 64.3 Å². The van der Waals surface area contributed by atoms with Crippen LogP contribution in [0.1, 0.15) is 62.7 Å². The van der Waals surface area contributed by atoms with Crippen LogP contribution in [0.3, 0.4) is 0 Å². The third-order valence-electron chi connectivity index (χ3n) is 6.39. The number of aromatic nitrogens is 3. The van der Waals surface area contributed by atoms with Gasteiger partial charge < -0.3 is 0 Å². The number of halogens is 1. The van der Waals surface area contributed by atoms with Gasteiger partial charge in [0.1, 0.15) is 0 Å². The van der Waals surface area contributed by atoms with E-state index in [0.29, 0.717) is 34.0 Å². The number of rotatable bonds is 7. The molecule has 0 amide bonds. The van der Waals surface area contributed by atoms with Crippen LogP contribution in [0, 0.1) is 5.92 Å². The Bertz CT molecular complexity index is 1120. The van der Waals surface area contributed by atoms with Crippen LogP contribution >= 0.6 is 11.6 Å². The highest BCUT2D eigenvalue weighted by atomic mass is 35.5. The van der Waals surface area contributed by atoms with E-state index < -0.39 is 6.04 Å². The number of Topliss-reactive ketones (excluding diaryl/α,β-unsaturated/α-hetero) is 1. The minimum atomic E-state index is -0.532. The van der Waals surface area contributed by atoms with Gasteiger partial charge in [-0.2, -0.15) is 0 Å². The molecule has 162 valence electrons. The van der Waals surface area contributed by atoms with Crippen molar-refractivity contribution < 1.29 is 4.79 Å². The Morgan fingerprint density at radius 3 is 2.68 bits per heavy atom. The van der Waals surface area contributed by atoms with Crippen molar-refractivity contribution in [1.29, 1.82) is 0 Å². The maximum atomic E-state index is 13.4. The van der Waals surface area contributed by atoms with Crippen molar-refractivity contribution in [2.24, 2.45) is 5.92 Å². The van der Waals surface area contributed by atoms with E-state index in [1.165, 1.54) is 19.3 Å². The summed E-state index contributed by atoms with van der Waals surface area (Å²) in [5, 5.41) is 1.12. The summed E-state index contributed by atoms with van der Waals surface area (Å²) in [7, 11) is 0. The molecule has 1 aliphatic rings. The quantitative estimate of drug-likeness (QED) is 0.501. The molecule has 6 heteroatoms. The van der Waals surface area contributed by atoms with Gasteiger partial charge in [0.15, 0.2) is 5.78 Å². The van der Waals surface area contributed by atoms with Gasteiger partial charge in [0.25, 0.3) is 5.56 Å². The maximum Gasteiger partial charge on any atom is 0.261 e. The molecule has 0 bridgehead atoms. The average molecular weight is 438 g/mol. The van der Waals surface area contributed by atoms with E-state index in [2.05, 4.69) is 16.9 Å². The van der Waals surface area contributed by atoms with E-state index in [-0.39, 0.29) is 17.8 Å². The second kappa shape index (κ2) is 9.73. The van der Waals surface area contributed by atoms with Gasteiger partial charge in [-0.3, -0.25) is 19.1 Å². The molecule has 31 heavy (non-hydrogen) atoms. The molecule has 2 heterocycles. The molecule has 0 radical (unpaired) electrons. The molecule has 1 atom stereocenters. The summed E-state index contributed by atoms with van der Waals surface area (Å²) >= 11 is 5.94. The number of fused-ring (bicyclic) bond motifs is 1. The summed E-state index contributed by atoms with van der Waals surface area (Å²) in [5.74, 6) is 0.445. The molecular weight excluding hydrogens is 410 g/mol. The van der Waals surface area contributed by atoms with Crippen molar-refractivity contribution in [3.05, 3.63) is 69.5 Å². The highest BCUT2D eigenvalue weighted by molar-refractivity contribution is 6.30. The summed E-state index contributed by atoms with van der Waals surface area (Å²) in [5.41, 5.74) is 2.28. The highest BCUT2D eigenvalue weighted by Gasteiger charge is 2.27. The first-order valence-corrected chi connectivity index (χ1v) is 11.6. The Hall–Kier alpha value is -2.53. The van der Waals surface area contributed by atoms with Crippen molar-refractivity contribution in [3.8, 4) is 0 Å². The lowest BCUT2D eigenvalue weighted by molar-refractivity contribution is -0.122. The molecule has 0 saturated heterocycles. The Balaban J connectivity index is 1.70. The third kappa shape index (κ3) is 5.04. The molecule has 3 aromatic rings. The first-order chi connectivity index (χ1) is 15.0. The maximum absolute atomic E-state index is 13.4. The lowest BCUT2D eigenvalue weighted by Crippen LogP contribution is -2.33. The van der Waals surface area contributed by atoms with Crippen LogP contribution in [0.2, 0.25) is 5.02 Å². The SMILES string of the molecule is CCc1ccc2ncn(C(CC3CCCCC3)C(=O)Cc3ccc(Cl)cn3)c(=O)c2c1. The molecule has 2 aromatic heterocycles. The Morgan fingerprint density at radius 2 is 1.97 bits per heavy atom. The number of carbonyl (C=O) groups excluding carboxylic acids is 1. The van der Waals surface area contributed by atoms with E-state index >= 15 is 0 Å². The normalized spacial score (nSPS) is 15.8. The number of benzene rings is 1. The van der Waals surface area contributed by atoms with Crippen LogP contribution in [-0.4, -0.2) is 20.3 Å². The van der Waals surface area contributed by atoms with Gasteiger partial charge in [-0.1, -0.05) is 56.7 Å². The van der Waals surface area contributed by atoms with Crippen LogP contribution in [0.4, 0.5) is 0 Å². The minimum absolute atomic E-state index is 0.00436. The number of carbonyl (C=O) groups is 1.